The van der Waals surface area contributed by atoms with Crippen molar-refractivity contribution in [3.8, 4) is 0 Å². The smallest absolute Gasteiger partial charge is 0.286 e. The number of benzene rings is 1. The highest BCUT2D eigenvalue weighted by atomic mass is 79.9. The molecule has 80 valence electrons. The van der Waals surface area contributed by atoms with Crippen LogP contribution in [0.4, 0.5) is 0 Å². The summed E-state index contributed by atoms with van der Waals surface area (Å²) in [6, 6.07) is 10.3. The second-order valence-electron chi connectivity index (χ2n) is 3.19. The molecule has 0 aliphatic carbocycles. The summed E-state index contributed by atoms with van der Waals surface area (Å²) in [4.78, 5) is 0. The van der Waals surface area contributed by atoms with Crippen molar-refractivity contribution >= 4 is 0 Å². The summed E-state index contributed by atoms with van der Waals surface area (Å²) >= 11 is 0. The van der Waals surface area contributed by atoms with E-state index in [0.29, 0.717) is 0 Å². The average molecular weight is 269 g/mol. The van der Waals surface area contributed by atoms with E-state index in [1.165, 1.54) is 10.2 Å². The highest BCUT2D eigenvalue weighted by Crippen LogP contribution is 2.00. The fourth-order valence-corrected chi connectivity index (χ4v) is 1.34. The SMILES string of the molecule is N[n+]1cnn(CCc2ccccc2)c1.[Br-]. The fraction of sp³-hybridized carbons (Fsp3) is 0.200. The Morgan fingerprint density at radius 2 is 2.00 bits per heavy atom. The highest BCUT2D eigenvalue weighted by Gasteiger charge is 2.02. The van der Waals surface area contributed by atoms with Gasteiger partial charge in [0.05, 0.1) is 0 Å². The third kappa shape index (κ3) is 3.36. The molecule has 0 aliphatic heterocycles. The van der Waals surface area contributed by atoms with Crippen LogP contribution in [0.25, 0.3) is 0 Å². The number of aryl methyl sites for hydroxylation is 2. The maximum absolute atomic E-state index is 5.48. The molecule has 0 saturated heterocycles. The van der Waals surface area contributed by atoms with Crippen molar-refractivity contribution in [1.29, 1.82) is 0 Å². The van der Waals surface area contributed by atoms with E-state index in [4.69, 9.17) is 5.84 Å². The molecule has 0 fully saturated rings. The Morgan fingerprint density at radius 1 is 1.27 bits per heavy atom. The molecule has 1 heterocycles. The molecule has 2 N–H and O–H groups in total. The molecule has 0 atom stereocenters. The summed E-state index contributed by atoms with van der Waals surface area (Å²) in [5.41, 5.74) is 1.31. The van der Waals surface area contributed by atoms with Crippen molar-refractivity contribution in [3.05, 3.63) is 48.5 Å². The zero-order valence-corrected chi connectivity index (χ0v) is 9.84. The molecule has 2 aromatic rings. The first kappa shape index (κ1) is 11.7. The van der Waals surface area contributed by atoms with E-state index in [9.17, 15) is 0 Å². The zero-order chi connectivity index (χ0) is 9.80. The Balaban J connectivity index is 0.00000112. The predicted molar refractivity (Wildman–Crippen MR) is 52.7 cm³/mol. The lowest BCUT2D eigenvalue weighted by Gasteiger charge is -1.95. The van der Waals surface area contributed by atoms with Gasteiger partial charge in [0.2, 0.25) is 6.33 Å². The van der Waals surface area contributed by atoms with Crippen molar-refractivity contribution < 1.29 is 21.7 Å². The van der Waals surface area contributed by atoms with Gasteiger partial charge < -0.3 is 17.0 Å². The van der Waals surface area contributed by atoms with Gasteiger partial charge in [-0.15, -0.1) is 9.36 Å². The predicted octanol–water partition coefficient (Wildman–Crippen LogP) is -2.87. The normalized spacial score (nSPS) is 9.60. The van der Waals surface area contributed by atoms with Gasteiger partial charge in [-0.25, -0.2) is 0 Å². The van der Waals surface area contributed by atoms with Gasteiger partial charge >= 0.3 is 0 Å². The molecule has 5 heteroatoms. The van der Waals surface area contributed by atoms with E-state index < -0.39 is 0 Å². The Bertz CT molecular complexity index is 399. The van der Waals surface area contributed by atoms with E-state index >= 15 is 0 Å². The summed E-state index contributed by atoms with van der Waals surface area (Å²) in [6.07, 6.45) is 4.33. The summed E-state index contributed by atoms with van der Waals surface area (Å²) in [6.45, 7) is 0.855. The Labute approximate surface area is 99.1 Å². The molecule has 4 nitrogen and oxygen atoms in total. The molecule has 0 bridgehead atoms. The Morgan fingerprint density at radius 3 is 2.60 bits per heavy atom. The number of hydrogen-bond donors (Lipinski definition) is 1. The monoisotopic (exact) mass is 268 g/mol. The fourth-order valence-electron chi connectivity index (χ4n) is 1.34. The topological polar surface area (TPSA) is 47.7 Å². The summed E-state index contributed by atoms with van der Waals surface area (Å²) < 4.78 is 3.28. The zero-order valence-electron chi connectivity index (χ0n) is 8.25. The molecule has 0 saturated carbocycles. The van der Waals surface area contributed by atoms with E-state index in [0.717, 1.165) is 13.0 Å². The first-order valence-electron chi connectivity index (χ1n) is 4.57. The van der Waals surface area contributed by atoms with Crippen LogP contribution in [0.2, 0.25) is 0 Å². The lowest BCUT2D eigenvalue weighted by atomic mass is 10.2. The van der Waals surface area contributed by atoms with E-state index in [-0.39, 0.29) is 17.0 Å². The first-order chi connectivity index (χ1) is 6.84. The van der Waals surface area contributed by atoms with Crippen LogP contribution in [-0.2, 0) is 13.0 Å². The molecular weight excluding hydrogens is 256 g/mol. The van der Waals surface area contributed by atoms with Crippen LogP contribution in [0.15, 0.2) is 43.0 Å². The molecule has 0 radical (unpaired) electrons. The average Bonchev–Trinajstić information content (AvgIpc) is 2.63. The lowest BCUT2D eigenvalue weighted by molar-refractivity contribution is -0.639. The van der Waals surface area contributed by atoms with Crippen LogP contribution in [0.5, 0.6) is 0 Å². The number of aromatic nitrogens is 3. The number of halogens is 1. The van der Waals surface area contributed by atoms with Crippen molar-refractivity contribution in [2.45, 2.75) is 13.0 Å². The number of rotatable bonds is 3. The minimum atomic E-state index is 0. The molecule has 0 aliphatic rings. The minimum Gasteiger partial charge on any atom is -1.00 e. The first-order valence-corrected chi connectivity index (χ1v) is 4.57. The molecule has 0 unspecified atom stereocenters. The standard InChI is InChI=1S/C10H13N4.BrH/c11-13-8-12-14(9-13)7-6-10-4-2-1-3-5-10;/h1-5,8-9H,6-7,11H2;1H/q+1;/p-1. The van der Waals surface area contributed by atoms with Crippen molar-refractivity contribution in [3.63, 3.8) is 0 Å². The number of nitrogens with two attached hydrogens (primary N) is 1. The van der Waals surface area contributed by atoms with Crippen LogP contribution in [-0.4, -0.2) is 9.78 Å². The van der Waals surface area contributed by atoms with Crippen LogP contribution >= 0.6 is 0 Å². The Hall–Kier alpha value is -1.36. The minimum absolute atomic E-state index is 0. The molecule has 15 heavy (non-hydrogen) atoms. The summed E-state index contributed by atoms with van der Waals surface area (Å²) in [7, 11) is 0. The van der Waals surface area contributed by atoms with Crippen LogP contribution in [0.3, 0.4) is 0 Å². The maximum atomic E-state index is 5.48. The van der Waals surface area contributed by atoms with Gasteiger partial charge in [-0.3, -0.25) is 5.84 Å². The van der Waals surface area contributed by atoms with Crippen LogP contribution < -0.4 is 27.5 Å². The second-order valence-corrected chi connectivity index (χ2v) is 3.19. The van der Waals surface area contributed by atoms with Gasteiger partial charge in [0, 0.05) is 11.5 Å². The van der Waals surface area contributed by atoms with Gasteiger partial charge in [0.1, 0.15) is 6.54 Å². The van der Waals surface area contributed by atoms with Gasteiger partial charge in [-0.05, 0) is 5.56 Å². The molecule has 2 rings (SSSR count). The van der Waals surface area contributed by atoms with Crippen molar-refractivity contribution in [2.24, 2.45) is 0 Å². The maximum Gasteiger partial charge on any atom is 0.286 e. The van der Waals surface area contributed by atoms with Crippen LogP contribution in [0, 0.1) is 0 Å². The van der Waals surface area contributed by atoms with E-state index in [2.05, 4.69) is 17.2 Å². The van der Waals surface area contributed by atoms with Crippen molar-refractivity contribution in [1.82, 2.24) is 9.78 Å². The number of nitrogen functional groups attached to an aromatic ring is 1. The van der Waals surface area contributed by atoms with Gasteiger partial charge in [-0.1, -0.05) is 30.3 Å². The molecule has 0 amide bonds. The molecule has 0 spiro atoms. The lowest BCUT2D eigenvalue weighted by Crippen LogP contribution is -3.00. The molecule has 1 aromatic heterocycles. The van der Waals surface area contributed by atoms with Gasteiger partial charge in [0.25, 0.3) is 6.33 Å². The van der Waals surface area contributed by atoms with E-state index in [1.807, 2.05) is 22.9 Å². The van der Waals surface area contributed by atoms with Gasteiger partial charge in [-0.2, -0.15) is 0 Å². The van der Waals surface area contributed by atoms with Gasteiger partial charge in [0.15, 0.2) is 0 Å². The van der Waals surface area contributed by atoms with Crippen molar-refractivity contribution in [2.75, 3.05) is 5.84 Å². The van der Waals surface area contributed by atoms with Crippen LogP contribution in [0.1, 0.15) is 5.56 Å². The van der Waals surface area contributed by atoms with E-state index in [1.54, 1.807) is 12.7 Å². The largest absolute Gasteiger partial charge is 1.00 e. The molecular formula is C10H13BrN4. The third-order valence-electron chi connectivity index (χ3n) is 2.07. The number of nitrogens with zero attached hydrogens (tertiary/aromatic N) is 3. The summed E-state index contributed by atoms with van der Waals surface area (Å²) in [5.74, 6) is 5.48. The second kappa shape index (κ2) is 5.50. The quantitative estimate of drug-likeness (QED) is 0.481. The number of hydrogen-bond acceptors (Lipinski definition) is 2. The molecule has 1 aromatic carbocycles. The third-order valence-corrected chi connectivity index (χ3v) is 2.07. The Kier molecular flexibility index (Phi) is 4.30. The summed E-state index contributed by atoms with van der Waals surface area (Å²) in [5, 5.41) is 4.09. The highest BCUT2D eigenvalue weighted by molar-refractivity contribution is 5.14.